The highest BCUT2D eigenvalue weighted by molar-refractivity contribution is 5.91. The fourth-order valence-corrected chi connectivity index (χ4v) is 5.30. The van der Waals surface area contributed by atoms with Crippen molar-refractivity contribution in [3.63, 3.8) is 0 Å². The van der Waals surface area contributed by atoms with Crippen LogP contribution < -0.4 is 14.4 Å². The normalized spacial score (nSPS) is 15.1. The number of nitrogens with zero attached hydrogens (tertiary/aromatic N) is 5. The highest BCUT2D eigenvalue weighted by Crippen LogP contribution is 2.38. The molecule has 1 fully saturated rings. The Morgan fingerprint density at radius 3 is 2.55 bits per heavy atom. The number of imidazole rings is 1. The van der Waals surface area contributed by atoms with E-state index in [1.807, 2.05) is 25.1 Å². The molecule has 0 amide bonds. The molecule has 0 unspecified atom stereocenters. The number of anilines is 1. The number of H-pyrrole nitrogens is 2. The van der Waals surface area contributed by atoms with Gasteiger partial charge in [0.2, 0.25) is 5.88 Å². The van der Waals surface area contributed by atoms with Crippen LogP contribution in [-0.2, 0) is 5.41 Å². The van der Waals surface area contributed by atoms with Gasteiger partial charge in [-0.3, -0.25) is 0 Å². The highest BCUT2D eigenvalue weighted by atomic mass is 19.3. The second kappa shape index (κ2) is 10.2. The molecule has 0 aliphatic carbocycles. The Bertz CT molecular complexity index is 1640. The number of halogens is 2. The molecule has 5 aromatic rings. The van der Waals surface area contributed by atoms with E-state index in [4.69, 9.17) is 9.72 Å². The van der Waals surface area contributed by atoms with Gasteiger partial charge in [0.25, 0.3) is 0 Å². The molecule has 2 N–H and O–H groups in total. The lowest BCUT2D eigenvalue weighted by Crippen LogP contribution is -2.42. The molecule has 5 heterocycles. The lowest BCUT2D eigenvalue weighted by molar-refractivity contribution is -0.0498. The number of ether oxygens (including phenoxy) is 2. The molecule has 0 radical (unpaired) electrons. The van der Waals surface area contributed by atoms with Crippen LogP contribution in [0.2, 0.25) is 0 Å². The van der Waals surface area contributed by atoms with Gasteiger partial charge in [-0.15, -0.1) is 0 Å². The molecule has 1 aliphatic rings. The van der Waals surface area contributed by atoms with Crippen LogP contribution in [0.3, 0.4) is 0 Å². The number of aromatic amines is 2. The summed E-state index contributed by atoms with van der Waals surface area (Å²) in [5.41, 5.74) is 4.83. The minimum absolute atomic E-state index is 0.120. The summed E-state index contributed by atoms with van der Waals surface area (Å²) >= 11 is 0. The maximum atomic E-state index is 12.7. The number of benzene rings is 1. The van der Waals surface area contributed by atoms with Gasteiger partial charge in [-0.05, 0) is 44.0 Å². The monoisotopic (exact) mass is 545 g/mol. The number of hydrogen-bond acceptors (Lipinski definition) is 7. The molecule has 9 nitrogen and oxygen atoms in total. The first-order chi connectivity index (χ1) is 19.3. The number of methoxy groups -OCH3 is 1. The number of aromatic nitrogens is 6. The molecular formula is C29H29F2N7O2. The summed E-state index contributed by atoms with van der Waals surface area (Å²) in [5.74, 6) is 2.46. The third kappa shape index (κ3) is 4.83. The van der Waals surface area contributed by atoms with Crippen molar-refractivity contribution >= 4 is 16.9 Å². The van der Waals surface area contributed by atoms with Crippen molar-refractivity contribution in [2.24, 2.45) is 0 Å². The molecule has 0 atom stereocenters. The van der Waals surface area contributed by atoms with E-state index in [1.54, 1.807) is 31.8 Å². The zero-order chi connectivity index (χ0) is 27.9. The van der Waals surface area contributed by atoms with E-state index >= 15 is 0 Å². The molecule has 4 aromatic heterocycles. The quantitative estimate of drug-likeness (QED) is 0.263. The van der Waals surface area contributed by atoms with Crippen LogP contribution >= 0.6 is 0 Å². The molecule has 0 bridgehead atoms. The van der Waals surface area contributed by atoms with Gasteiger partial charge in [-0.2, -0.15) is 8.78 Å². The van der Waals surface area contributed by atoms with Crippen molar-refractivity contribution in [2.45, 2.75) is 38.7 Å². The molecule has 0 spiro atoms. The number of nitrogens with one attached hydrogen (secondary N) is 2. The number of rotatable bonds is 7. The number of aryl methyl sites for hydroxylation is 1. The second-order valence-corrected chi connectivity index (χ2v) is 10.2. The molecule has 1 aliphatic heterocycles. The third-order valence-corrected chi connectivity index (χ3v) is 7.63. The largest absolute Gasteiger partial charge is 0.481 e. The van der Waals surface area contributed by atoms with Gasteiger partial charge in [0.1, 0.15) is 29.4 Å². The summed E-state index contributed by atoms with van der Waals surface area (Å²) < 4.78 is 35.2. The predicted octanol–water partition coefficient (Wildman–Crippen LogP) is 5.89. The molecule has 11 heteroatoms. The zero-order valence-electron chi connectivity index (χ0n) is 22.4. The predicted molar refractivity (Wildman–Crippen MR) is 148 cm³/mol. The van der Waals surface area contributed by atoms with Crippen molar-refractivity contribution in [1.29, 1.82) is 0 Å². The Morgan fingerprint density at radius 1 is 1.00 bits per heavy atom. The Balaban J connectivity index is 1.21. The van der Waals surface area contributed by atoms with Crippen molar-refractivity contribution in [2.75, 3.05) is 25.1 Å². The maximum Gasteiger partial charge on any atom is 0.387 e. The van der Waals surface area contributed by atoms with Crippen molar-refractivity contribution in [1.82, 2.24) is 29.9 Å². The van der Waals surface area contributed by atoms with Gasteiger partial charge >= 0.3 is 6.61 Å². The Hall–Kier alpha value is -4.54. The van der Waals surface area contributed by atoms with E-state index < -0.39 is 6.61 Å². The lowest BCUT2D eigenvalue weighted by atomic mass is 9.79. The molecule has 1 saturated heterocycles. The van der Waals surface area contributed by atoms with E-state index in [-0.39, 0.29) is 11.2 Å². The highest BCUT2D eigenvalue weighted by Gasteiger charge is 2.36. The van der Waals surface area contributed by atoms with Gasteiger partial charge in [0, 0.05) is 47.6 Å². The summed E-state index contributed by atoms with van der Waals surface area (Å²) in [6, 6.07) is 12.5. The van der Waals surface area contributed by atoms with Crippen molar-refractivity contribution in [3.8, 4) is 34.1 Å². The molecule has 40 heavy (non-hydrogen) atoms. The molecule has 1 aromatic carbocycles. The topological polar surface area (TPSA) is 105 Å². The molecule has 6 rings (SSSR count). The zero-order valence-corrected chi connectivity index (χ0v) is 22.4. The smallest absolute Gasteiger partial charge is 0.387 e. The number of piperidine rings is 1. The van der Waals surface area contributed by atoms with Crippen LogP contribution in [0.5, 0.6) is 11.6 Å². The van der Waals surface area contributed by atoms with Crippen LogP contribution in [0.15, 0.2) is 55.0 Å². The number of fused-ring (bicyclic) bond motifs is 1. The van der Waals surface area contributed by atoms with E-state index in [2.05, 4.69) is 47.5 Å². The molecule has 0 saturated carbocycles. The number of hydrogen-bond donors (Lipinski definition) is 2. The van der Waals surface area contributed by atoms with Crippen LogP contribution in [-0.4, -0.2) is 56.7 Å². The standard InChI is InChI=1S/C29H29F2N7O2/c1-17-24(18-5-4-6-20(13-18)40-28(30)31)37-27(35-17)29(2)9-11-38(12-10-29)26-21-14-22(36-25(21)33-16-34-26)19-7-8-23(39-3)32-15-19/h4-8,13-16,28H,9-12H2,1-3H3,(H,35,37)(H,33,34,36). The second-order valence-electron chi connectivity index (χ2n) is 10.2. The SMILES string of the molecule is COc1ccc(-c2cc3c(N4CCC(C)(c5nc(C)c(-c6cccc(OC(F)F)c6)[nH]5)CC4)ncnc3[nH]2)cn1. The fraction of sp³-hybridized carbons (Fsp3) is 0.310. The van der Waals surface area contributed by atoms with Crippen molar-refractivity contribution < 1.29 is 18.3 Å². The van der Waals surface area contributed by atoms with Crippen LogP contribution in [0, 0.1) is 6.92 Å². The minimum atomic E-state index is -2.87. The van der Waals surface area contributed by atoms with E-state index in [0.717, 1.165) is 76.8 Å². The molecular weight excluding hydrogens is 516 g/mol. The Kier molecular flexibility index (Phi) is 6.57. The third-order valence-electron chi connectivity index (χ3n) is 7.63. The Labute approximate surface area is 229 Å². The maximum absolute atomic E-state index is 12.7. The summed E-state index contributed by atoms with van der Waals surface area (Å²) in [6.07, 6.45) is 5.08. The molecule has 206 valence electrons. The average Bonchev–Trinajstić information content (AvgIpc) is 3.58. The average molecular weight is 546 g/mol. The van der Waals surface area contributed by atoms with Gasteiger partial charge in [0.05, 0.1) is 23.9 Å². The van der Waals surface area contributed by atoms with Crippen molar-refractivity contribution in [3.05, 3.63) is 66.5 Å². The summed E-state index contributed by atoms with van der Waals surface area (Å²) in [5, 5.41) is 0.957. The number of pyridine rings is 1. The first kappa shape index (κ1) is 25.7. The first-order valence-electron chi connectivity index (χ1n) is 13.0. The minimum Gasteiger partial charge on any atom is -0.481 e. The van der Waals surface area contributed by atoms with E-state index in [0.29, 0.717) is 5.88 Å². The number of alkyl halides is 2. The van der Waals surface area contributed by atoms with Gasteiger partial charge in [-0.25, -0.2) is 19.9 Å². The Morgan fingerprint density at radius 2 is 1.82 bits per heavy atom. The summed E-state index contributed by atoms with van der Waals surface area (Å²) in [6.45, 7) is 2.85. The van der Waals surface area contributed by atoms with Crippen LogP contribution in [0.1, 0.15) is 31.3 Å². The lowest BCUT2D eigenvalue weighted by Gasteiger charge is -2.38. The van der Waals surface area contributed by atoms with E-state index in [9.17, 15) is 8.78 Å². The van der Waals surface area contributed by atoms with Gasteiger partial charge < -0.3 is 24.3 Å². The van der Waals surface area contributed by atoms with Crippen LogP contribution in [0.4, 0.5) is 14.6 Å². The van der Waals surface area contributed by atoms with E-state index in [1.165, 1.54) is 6.07 Å². The van der Waals surface area contributed by atoms with Crippen LogP contribution in [0.25, 0.3) is 33.5 Å². The fourth-order valence-electron chi connectivity index (χ4n) is 5.30. The van der Waals surface area contributed by atoms with Gasteiger partial charge in [0.15, 0.2) is 0 Å². The summed E-state index contributed by atoms with van der Waals surface area (Å²) in [7, 11) is 1.59. The first-order valence-corrected chi connectivity index (χ1v) is 13.0. The van der Waals surface area contributed by atoms with Gasteiger partial charge in [-0.1, -0.05) is 19.1 Å². The summed E-state index contributed by atoms with van der Waals surface area (Å²) in [4.78, 5) is 27.4.